The summed E-state index contributed by atoms with van der Waals surface area (Å²) in [7, 11) is 0. The molecule has 1 saturated heterocycles. The van der Waals surface area contributed by atoms with Gasteiger partial charge >= 0.3 is 6.03 Å². The molecule has 7 heteroatoms. The minimum Gasteiger partial charge on any atom is -0.348 e. The van der Waals surface area contributed by atoms with Crippen LogP contribution in [-0.2, 0) is 21.5 Å². The number of aryl methyl sites for hydroxylation is 1. The van der Waals surface area contributed by atoms with Crippen molar-refractivity contribution in [3.63, 3.8) is 0 Å². The van der Waals surface area contributed by atoms with Gasteiger partial charge in [0.15, 0.2) is 0 Å². The Morgan fingerprint density at radius 1 is 1.21 bits per heavy atom. The molecule has 0 spiro atoms. The van der Waals surface area contributed by atoms with E-state index in [9.17, 15) is 18.8 Å². The monoisotopic (exact) mass is 395 g/mol. The maximum Gasteiger partial charge on any atom is 0.325 e. The molecule has 29 heavy (non-hydrogen) atoms. The SMILES string of the molecule is CC1(c2ccc(F)cc2)NC(=O)N(CC(=O)NC2CCCc3ccccc32)C1=O. The van der Waals surface area contributed by atoms with Gasteiger partial charge in [-0.3, -0.25) is 14.5 Å². The molecule has 0 bridgehead atoms. The van der Waals surface area contributed by atoms with Gasteiger partial charge in [-0.05, 0) is 55.0 Å². The topological polar surface area (TPSA) is 78.5 Å². The molecule has 2 atom stereocenters. The minimum absolute atomic E-state index is 0.128. The highest BCUT2D eigenvalue weighted by atomic mass is 19.1. The second-order valence-electron chi connectivity index (χ2n) is 7.66. The standard InChI is InChI=1S/C22H22FN3O3/c1-22(15-9-11-16(23)12-10-15)20(28)26(21(29)25-22)13-19(27)24-18-8-4-6-14-5-2-3-7-17(14)18/h2-3,5,7,9-12,18H,4,6,8,13H2,1H3,(H,24,27)(H,25,29). The van der Waals surface area contributed by atoms with Crippen LogP contribution in [-0.4, -0.2) is 29.3 Å². The number of benzene rings is 2. The Morgan fingerprint density at radius 3 is 2.69 bits per heavy atom. The van der Waals surface area contributed by atoms with Gasteiger partial charge in [-0.25, -0.2) is 9.18 Å². The summed E-state index contributed by atoms with van der Waals surface area (Å²) in [6.07, 6.45) is 2.76. The van der Waals surface area contributed by atoms with E-state index in [1.165, 1.54) is 29.8 Å². The van der Waals surface area contributed by atoms with E-state index in [2.05, 4.69) is 16.7 Å². The van der Waals surface area contributed by atoms with Crippen molar-refractivity contribution in [1.29, 1.82) is 0 Å². The van der Waals surface area contributed by atoms with E-state index in [4.69, 9.17) is 0 Å². The Kier molecular flexibility index (Phi) is 4.82. The molecule has 0 saturated carbocycles. The van der Waals surface area contributed by atoms with E-state index in [-0.39, 0.29) is 12.6 Å². The van der Waals surface area contributed by atoms with Gasteiger partial charge in [0, 0.05) is 0 Å². The largest absolute Gasteiger partial charge is 0.348 e. The van der Waals surface area contributed by atoms with Gasteiger partial charge in [0.05, 0.1) is 6.04 Å². The first kappa shape index (κ1) is 19.1. The first-order valence-electron chi connectivity index (χ1n) is 9.66. The highest BCUT2D eigenvalue weighted by Gasteiger charge is 2.49. The molecular formula is C22H22FN3O3. The summed E-state index contributed by atoms with van der Waals surface area (Å²) in [5.41, 5.74) is 1.42. The number of hydrogen-bond acceptors (Lipinski definition) is 3. The molecule has 2 N–H and O–H groups in total. The van der Waals surface area contributed by atoms with Crippen molar-refractivity contribution in [2.24, 2.45) is 0 Å². The fourth-order valence-electron chi connectivity index (χ4n) is 4.11. The zero-order valence-electron chi connectivity index (χ0n) is 16.1. The molecule has 6 nitrogen and oxygen atoms in total. The van der Waals surface area contributed by atoms with Crippen molar-refractivity contribution >= 4 is 17.8 Å². The van der Waals surface area contributed by atoms with Crippen molar-refractivity contribution in [3.8, 4) is 0 Å². The Labute approximate surface area is 168 Å². The van der Waals surface area contributed by atoms with Gasteiger partial charge in [-0.2, -0.15) is 0 Å². The zero-order valence-corrected chi connectivity index (χ0v) is 16.1. The van der Waals surface area contributed by atoms with Crippen molar-refractivity contribution in [2.45, 2.75) is 37.8 Å². The number of urea groups is 1. The van der Waals surface area contributed by atoms with Gasteiger partial charge in [-0.1, -0.05) is 36.4 Å². The van der Waals surface area contributed by atoms with Crippen molar-refractivity contribution in [3.05, 3.63) is 71.0 Å². The third-order valence-corrected chi connectivity index (χ3v) is 5.70. The summed E-state index contributed by atoms with van der Waals surface area (Å²) in [4.78, 5) is 38.9. The van der Waals surface area contributed by atoms with Crippen LogP contribution in [0, 0.1) is 5.82 Å². The minimum atomic E-state index is -1.33. The zero-order chi connectivity index (χ0) is 20.6. The average molecular weight is 395 g/mol. The van der Waals surface area contributed by atoms with Gasteiger partial charge in [0.1, 0.15) is 17.9 Å². The number of nitrogens with zero attached hydrogens (tertiary/aromatic N) is 1. The average Bonchev–Trinajstić information content (AvgIpc) is 2.92. The first-order chi connectivity index (χ1) is 13.9. The summed E-state index contributed by atoms with van der Waals surface area (Å²) >= 11 is 0. The van der Waals surface area contributed by atoms with E-state index < -0.39 is 29.2 Å². The lowest BCUT2D eigenvalue weighted by Crippen LogP contribution is -2.44. The van der Waals surface area contributed by atoms with Crippen LogP contribution in [0.4, 0.5) is 9.18 Å². The van der Waals surface area contributed by atoms with E-state index in [0.717, 1.165) is 29.7 Å². The van der Waals surface area contributed by atoms with E-state index in [0.29, 0.717) is 5.56 Å². The molecule has 0 radical (unpaired) electrons. The van der Waals surface area contributed by atoms with E-state index in [1.54, 1.807) is 6.92 Å². The van der Waals surface area contributed by atoms with E-state index >= 15 is 0 Å². The van der Waals surface area contributed by atoms with Crippen LogP contribution < -0.4 is 10.6 Å². The van der Waals surface area contributed by atoms with Crippen molar-refractivity contribution in [1.82, 2.24) is 15.5 Å². The number of carbonyl (C=O) groups is 3. The van der Waals surface area contributed by atoms with Crippen LogP contribution in [0.2, 0.25) is 0 Å². The predicted molar refractivity (Wildman–Crippen MR) is 104 cm³/mol. The molecule has 4 rings (SSSR count). The van der Waals surface area contributed by atoms with Crippen LogP contribution in [0.3, 0.4) is 0 Å². The highest BCUT2D eigenvalue weighted by molar-refractivity contribution is 6.09. The molecule has 150 valence electrons. The third-order valence-electron chi connectivity index (χ3n) is 5.70. The number of amides is 4. The van der Waals surface area contributed by atoms with Crippen LogP contribution in [0.1, 0.15) is 42.5 Å². The molecule has 1 aliphatic heterocycles. The number of fused-ring (bicyclic) bond motifs is 1. The third kappa shape index (κ3) is 3.48. The second-order valence-corrected chi connectivity index (χ2v) is 7.66. The first-order valence-corrected chi connectivity index (χ1v) is 9.66. The molecule has 2 aromatic carbocycles. The number of nitrogens with one attached hydrogen (secondary N) is 2. The fourth-order valence-corrected chi connectivity index (χ4v) is 4.11. The van der Waals surface area contributed by atoms with Gasteiger partial charge in [0.25, 0.3) is 5.91 Å². The molecule has 1 fully saturated rings. The Morgan fingerprint density at radius 2 is 1.93 bits per heavy atom. The van der Waals surface area contributed by atoms with Crippen LogP contribution in [0.5, 0.6) is 0 Å². The highest BCUT2D eigenvalue weighted by Crippen LogP contribution is 2.31. The number of imide groups is 1. The van der Waals surface area contributed by atoms with E-state index in [1.807, 2.05) is 18.2 Å². The number of carbonyl (C=O) groups excluding carboxylic acids is 3. The molecule has 4 amide bonds. The number of hydrogen-bond donors (Lipinski definition) is 2. The fraction of sp³-hybridized carbons (Fsp3) is 0.318. The molecule has 0 aromatic heterocycles. The summed E-state index contributed by atoms with van der Waals surface area (Å²) < 4.78 is 13.2. The lowest BCUT2D eigenvalue weighted by atomic mass is 9.88. The predicted octanol–water partition coefficient (Wildman–Crippen LogP) is 2.79. The quantitative estimate of drug-likeness (QED) is 0.782. The lowest BCUT2D eigenvalue weighted by molar-refractivity contribution is -0.135. The summed E-state index contributed by atoms with van der Waals surface area (Å²) in [6.45, 7) is 1.19. The molecule has 2 aromatic rings. The van der Waals surface area contributed by atoms with Crippen molar-refractivity contribution < 1.29 is 18.8 Å². The molecule has 2 aliphatic rings. The van der Waals surface area contributed by atoms with Crippen LogP contribution in [0.25, 0.3) is 0 Å². The maximum absolute atomic E-state index is 13.2. The van der Waals surface area contributed by atoms with Crippen molar-refractivity contribution in [2.75, 3.05) is 6.54 Å². The second kappa shape index (κ2) is 7.31. The number of rotatable bonds is 4. The smallest absolute Gasteiger partial charge is 0.325 e. The van der Waals surface area contributed by atoms with Gasteiger partial charge < -0.3 is 10.6 Å². The summed E-state index contributed by atoms with van der Waals surface area (Å²) in [6, 6.07) is 12.6. The van der Waals surface area contributed by atoms with Crippen LogP contribution in [0.15, 0.2) is 48.5 Å². The Bertz CT molecular complexity index is 976. The maximum atomic E-state index is 13.2. The number of halogens is 1. The van der Waals surface area contributed by atoms with Gasteiger partial charge in [-0.15, -0.1) is 0 Å². The molecule has 1 aliphatic carbocycles. The van der Waals surface area contributed by atoms with Gasteiger partial charge in [0.2, 0.25) is 5.91 Å². The lowest BCUT2D eigenvalue weighted by Gasteiger charge is -2.27. The molecule has 2 unspecified atom stereocenters. The molecule has 1 heterocycles. The molecular weight excluding hydrogens is 373 g/mol. The Hall–Kier alpha value is -3.22. The normalized spacial score (nSPS) is 23.5. The summed E-state index contributed by atoms with van der Waals surface area (Å²) in [5, 5.41) is 5.58. The summed E-state index contributed by atoms with van der Waals surface area (Å²) in [5.74, 6) is -1.36. The Balaban J connectivity index is 1.47. The van der Waals surface area contributed by atoms with Crippen LogP contribution >= 0.6 is 0 Å².